The summed E-state index contributed by atoms with van der Waals surface area (Å²) in [5.41, 5.74) is 1.16. The van der Waals surface area contributed by atoms with Gasteiger partial charge in [-0.3, -0.25) is 0 Å². The Morgan fingerprint density at radius 3 is 2.43 bits per heavy atom. The number of benzene rings is 1. The maximum absolute atomic E-state index is 12.3. The Bertz CT molecular complexity index is 695. The molecular weight excluding hydrogens is 374 g/mol. The second-order valence-corrected chi connectivity index (χ2v) is 9.28. The molecular formula is C14H16BrNO3S2. The third-order valence-corrected chi connectivity index (χ3v) is 6.86. The van der Waals surface area contributed by atoms with Crippen molar-refractivity contribution in [2.75, 3.05) is 20.2 Å². The number of likely N-dealkylation sites (N-methyl/N-ethyl adjacent to an activating group) is 1. The molecule has 0 N–H and O–H groups in total. The monoisotopic (exact) mass is 389 g/mol. The van der Waals surface area contributed by atoms with E-state index in [1.165, 1.54) is 15.6 Å². The first-order valence-electron chi connectivity index (χ1n) is 6.31. The minimum absolute atomic E-state index is 0.297. The summed E-state index contributed by atoms with van der Waals surface area (Å²) < 4.78 is 32.6. The topological polar surface area (TPSA) is 46.6 Å². The second-order valence-electron chi connectivity index (χ2n) is 4.55. The standard InChI is InChI=1S/C14H16BrNO3S2/c1-11-3-5-12(6-4-11)19-10-9-16(2)21(17,18)14-8-7-13(15)20-14/h3-8H,9-10H2,1-2H3. The molecule has 0 bridgehead atoms. The van der Waals surface area contributed by atoms with Crippen LogP contribution in [0.25, 0.3) is 0 Å². The number of thiophene rings is 1. The van der Waals surface area contributed by atoms with Crippen LogP contribution in [0.2, 0.25) is 0 Å². The Hall–Kier alpha value is -0.890. The lowest BCUT2D eigenvalue weighted by molar-refractivity contribution is 0.287. The highest BCUT2D eigenvalue weighted by Gasteiger charge is 2.22. The molecule has 21 heavy (non-hydrogen) atoms. The lowest BCUT2D eigenvalue weighted by Gasteiger charge is -2.16. The van der Waals surface area contributed by atoms with Gasteiger partial charge in [-0.1, -0.05) is 17.7 Å². The Balaban J connectivity index is 1.92. The molecule has 2 aromatic rings. The van der Waals surface area contributed by atoms with Gasteiger partial charge in [0.2, 0.25) is 0 Å². The van der Waals surface area contributed by atoms with Gasteiger partial charge >= 0.3 is 0 Å². The molecule has 1 aromatic heterocycles. The summed E-state index contributed by atoms with van der Waals surface area (Å²) in [4.78, 5) is 0. The lowest BCUT2D eigenvalue weighted by atomic mass is 10.2. The van der Waals surface area contributed by atoms with Crippen molar-refractivity contribution >= 4 is 37.3 Å². The van der Waals surface area contributed by atoms with E-state index in [0.717, 1.165) is 15.1 Å². The normalized spacial score (nSPS) is 11.8. The number of ether oxygens (including phenoxy) is 1. The van der Waals surface area contributed by atoms with Crippen molar-refractivity contribution in [2.45, 2.75) is 11.1 Å². The summed E-state index contributed by atoms with van der Waals surface area (Å²) in [6.07, 6.45) is 0. The van der Waals surface area contributed by atoms with Gasteiger partial charge in [0.05, 0.1) is 3.79 Å². The Morgan fingerprint density at radius 2 is 1.86 bits per heavy atom. The van der Waals surface area contributed by atoms with Crippen molar-refractivity contribution in [3.63, 3.8) is 0 Å². The quantitative estimate of drug-likeness (QED) is 0.758. The molecule has 0 aliphatic rings. The minimum atomic E-state index is -3.44. The second kappa shape index (κ2) is 6.91. The number of aryl methyl sites for hydroxylation is 1. The van der Waals surface area contributed by atoms with E-state index in [2.05, 4.69) is 15.9 Å². The molecule has 0 spiro atoms. The van der Waals surface area contributed by atoms with Gasteiger partial charge in [-0.15, -0.1) is 11.3 Å². The van der Waals surface area contributed by atoms with Gasteiger partial charge in [0.25, 0.3) is 10.0 Å². The van der Waals surface area contributed by atoms with E-state index >= 15 is 0 Å². The van der Waals surface area contributed by atoms with Crippen molar-refractivity contribution in [1.82, 2.24) is 4.31 Å². The first-order chi connectivity index (χ1) is 9.89. The number of hydrogen-bond donors (Lipinski definition) is 0. The minimum Gasteiger partial charge on any atom is -0.492 e. The summed E-state index contributed by atoms with van der Waals surface area (Å²) in [6.45, 7) is 2.61. The van der Waals surface area contributed by atoms with Crippen LogP contribution in [0.5, 0.6) is 5.75 Å². The van der Waals surface area contributed by atoms with E-state index in [4.69, 9.17) is 4.74 Å². The van der Waals surface area contributed by atoms with Crippen molar-refractivity contribution in [3.8, 4) is 5.75 Å². The van der Waals surface area contributed by atoms with Crippen molar-refractivity contribution in [2.24, 2.45) is 0 Å². The zero-order valence-electron chi connectivity index (χ0n) is 11.7. The zero-order valence-corrected chi connectivity index (χ0v) is 15.0. The average Bonchev–Trinajstić information content (AvgIpc) is 2.88. The molecule has 0 radical (unpaired) electrons. The molecule has 1 aromatic carbocycles. The third-order valence-electron chi connectivity index (χ3n) is 2.91. The van der Waals surface area contributed by atoms with Crippen LogP contribution in [0.15, 0.2) is 44.4 Å². The van der Waals surface area contributed by atoms with Gasteiger partial charge < -0.3 is 4.74 Å². The average molecular weight is 390 g/mol. The molecule has 1 heterocycles. The van der Waals surface area contributed by atoms with Crippen LogP contribution in [-0.4, -0.2) is 32.9 Å². The van der Waals surface area contributed by atoms with Crippen molar-refractivity contribution in [1.29, 1.82) is 0 Å². The molecule has 0 saturated heterocycles. The summed E-state index contributed by atoms with van der Waals surface area (Å²) in [5, 5.41) is 0. The van der Waals surface area contributed by atoms with E-state index in [9.17, 15) is 8.42 Å². The van der Waals surface area contributed by atoms with Gasteiger partial charge in [0.15, 0.2) is 0 Å². The van der Waals surface area contributed by atoms with Gasteiger partial charge in [0, 0.05) is 13.6 Å². The van der Waals surface area contributed by atoms with Crippen LogP contribution < -0.4 is 4.74 Å². The van der Waals surface area contributed by atoms with Gasteiger partial charge in [-0.05, 0) is 47.1 Å². The maximum Gasteiger partial charge on any atom is 0.252 e. The summed E-state index contributed by atoms with van der Waals surface area (Å²) in [6, 6.07) is 11.0. The first kappa shape index (κ1) is 16.5. The third kappa shape index (κ3) is 4.29. The number of sulfonamides is 1. The van der Waals surface area contributed by atoms with Crippen LogP contribution >= 0.6 is 27.3 Å². The summed E-state index contributed by atoms with van der Waals surface area (Å²) in [7, 11) is -1.88. The fraction of sp³-hybridized carbons (Fsp3) is 0.286. The first-order valence-corrected chi connectivity index (χ1v) is 9.36. The summed E-state index contributed by atoms with van der Waals surface area (Å²) in [5.74, 6) is 0.741. The Kier molecular flexibility index (Phi) is 5.43. The molecule has 2 rings (SSSR count). The predicted molar refractivity (Wildman–Crippen MR) is 88.5 cm³/mol. The van der Waals surface area contributed by atoms with Crippen molar-refractivity contribution in [3.05, 3.63) is 45.7 Å². The van der Waals surface area contributed by atoms with Gasteiger partial charge in [0.1, 0.15) is 16.6 Å². The maximum atomic E-state index is 12.3. The molecule has 7 heteroatoms. The highest BCUT2D eigenvalue weighted by molar-refractivity contribution is 9.11. The van der Waals surface area contributed by atoms with Gasteiger partial charge in [-0.2, -0.15) is 4.31 Å². The Morgan fingerprint density at radius 1 is 1.19 bits per heavy atom. The van der Waals surface area contributed by atoms with Gasteiger partial charge in [-0.25, -0.2) is 8.42 Å². The Labute approximate surface area is 137 Å². The molecule has 4 nitrogen and oxygen atoms in total. The van der Waals surface area contributed by atoms with E-state index in [-0.39, 0.29) is 0 Å². The van der Waals surface area contributed by atoms with E-state index in [1.54, 1.807) is 19.2 Å². The van der Waals surface area contributed by atoms with Crippen LogP contribution in [0, 0.1) is 6.92 Å². The summed E-state index contributed by atoms with van der Waals surface area (Å²) >= 11 is 4.47. The number of hydrogen-bond acceptors (Lipinski definition) is 4. The molecule has 0 saturated carbocycles. The smallest absolute Gasteiger partial charge is 0.252 e. The number of nitrogens with zero attached hydrogens (tertiary/aromatic N) is 1. The highest BCUT2D eigenvalue weighted by atomic mass is 79.9. The predicted octanol–water partition coefficient (Wildman–Crippen LogP) is 3.52. The molecule has 0 aliphatic carbocycles. The highest BCUT2D eigenvalue weighted by Crippen LogP contribution is 2.27. The van der Waals surface area contributed by atoms with Crippen LogP contribution in [0.1, 0.15) is 5.56 Å². The molecule has 0 unspecified atom stereocenters. The molecule has 0 atom stereocenters. The fourth-order valence-electron chi connectivity index (χ4n) is 1.64. The van der Waals surface area contributed by atoms with E-state index < -0.39 is 10.0 Å². The molecule has 0 fully saturated rings. The van der Waals surface area contributed by atoms with E-state index in [1.807, 2.05) is 31.2 Å². The molecule has 0 aliphatic heterocycles. The van der Waals surface area contributed by atoms with Crippen LogP contribution in [0.4, 0.5) is 0 Å². The molecule has 114 valence electrons. The zero-order chi connectivity index (χ0) is 15.5. The lowest BCUT2D eigenvalue weighted by Crippen LogP contribution is -2.30. The van der Waals surface area contributed by atoms with Crippen LogP contribution in [0.3, 0.4) is 0 Å². The number of rotatable bonds is 6. The fourth-order valence-corrected chi connectivity index (χ4v) is 5.01. The molecule has 0 amide bonds. The SMILES string of the molecule is Cc1ccc(OCCN(C)S(=O)(=O)c2ccc(Br)s2)cc1. The largest absolute Gasteiger partial charge is 0.492 e. The van der Waals surface area contributed by atoms with E-state index in [0.29, 0.717) is 17.4 Å². The number of halogens is 1. The van der Waals surface area contributed by atoms with Crippen molar-refractivity contribution < 1.29 is 13.2 Å². The van der Waals surface area contributed by atoms with Crippen LogP contribution in [-0.2, 0) is 10.0 Å².